The highest BCUT2D eigenvalue weighted by Crippen LogP contribution is 2.36. The first-order chi connectivity index (χ1) is 7.40. The van der Waals surface area contributed by atoms with Gasteiger partial charge in [-0.15, -0.1) is 0 Å². The molecule has 0 atom stereocenters. The lowest BCUT2D eigenvalue weighted by Crippen LogP contribution is -2.12. The number of hydrogen-bond acceptors (Lipinski definition) is 2. The molecule has 1 N–H and O–H groups in total. The van der Waals surface area contributed by atoms with Crippen LogP contribution in [0.3, 0.4) is 0 Å². The van der Waals surface area contributed by atoms with Gasteiger partial charge < -0.3 is 5.32 Å². The standard InChI is InChI=1S/C9H7BrF3NOS/c10-5-8(15)14-6-1-3-7(4-2-6)16-9(11,12)13/h1-4H,5H2,(H,14,15). The summed E-state index contributed by atoms with van der Waals surface area (Å²) in [6.45, 7) is 0. The number of amides is 1. The molecule has 0 saturated carbocycles. The molecule has 0 bridgehead atoms. The summed E-state index contributed by atoms with van der Waals surface area (Å²) in [6, 6.07) is 5.47. The Kier molecular flexibility index (Phi) is 4.67. The Morgan fingerprint density at radius 1 is 1.31 bits per heavy atom. The van der Waals surface area contributed by atoms with Crippen LogP contribution in [0.5, 0.6) is 0 Å². The summed E-state index contributed by atoms with van der Waals surface area (Å²) < 4.78 is 36.0. The number of anilines is 1. The normalized spacial score (nSPS) is 11.2. The van der Waals surface area contributed by atoms with E-state index in [1.165, 1.54) is 24.3 Å². The first kappa shape index (κ1) is 13.4. The van der Waals surface area contributed by atoms with Gasteiger partial charge in [0.05, 0.1) is 5.33 Å². The molecule has 0 fully saturated rings. The maximum Gasteiger partial charge on any atom is 0.446 e. The van der Waals surface area contributed by atoms with E-state index in [9.17, 15) is 18.0 Å². The molecule has 0 heterocycles. The predicted molar refractivity (Wildman–Crippen MR) is 60.8 cm³/mol. The molecule has 1 aromatic rings. The van der Waals surface area contributed by atoms with Crippen LogP contribution >= 0.6 is 27.7 Å². The summed E-state index contributed by atoms with van der Waals surface area (Å²) in [5.74, 6) is -0.253. The smallest absolute Gasteiger partial charge is 0.325 e. The average Bonchev–Trinajstić information content (AvgIpc) is 2.18. The minimum absolute atomic E-state index is 0.0874. The van der Waals surface area contributed by atoms with E-state index < -0.39 is 5.51 Å². The molecule has 0 radical (unpaired) electrons. The Labute approximate surface area is 103 Å². The van der Waals surface area contributed by atoms with Crippen molar-refractivity contribution < 1.29 is 18.0 Å². The molecule has 2 nitrogen and oxygen atoms in total. The Morgan fingerprint density at radius 2 is 1.88 bits per heavy atom. The zero-order valence-electron chi connectivity index (χ0n) is 7.84. The van der Waals surface area contributed by atoms with Crippen LogP contribution in [-0.2, 0) is 4.79 Å². The maximum absolute atomic E-state index is 12.0. The molecule has 0 unspecified atom stereocenters. The van der Waals surface area contributed by atoms with E-state index in [0.717, 1.165) is 0 Å². The van der Waals surface area contributed by atoms with Gasteiger partial charge in [0.25, 0.3) is 0 Å². The van der Waals surface area contributed by atoms with Crippen molar-refractivity contribution in [2.75, 3.05) is 10.6 Å². The Morgan fingerprint density at radius 3 is 2.31 bits per heavy atom. The van der Waals surface area contributed by atoms with Crippen LogP contribution in [0.25, 0.3) is 0 Å². The van der Waals surface area contributed by atoms with Crippen LogP contribution in [0.15, 0.2) is 29.2 Å². The summed E-state index contributed by atoms with van der Waals surface area (Å²) in [4.78, 5) is 11.0. The molecule has 0 saturated heterocycles. The lowest BCUT2D eigenvalue weighted by molar-refractivity contribution is -0.113. The zero-order chi connectivity index (χ0) is 12.2. The molecule has 1 aromatic carbocycles. The van der Waals surface area contributed by atoms with Gasteiger partial charge in [-0.3, -0.25) is 4.79 Å². The molecular formula is C9H7BrF3NOS. The van der Waals surface area contributed by atoms with Gasteiger partial charge in [-0.1, -0.05) is 15.9 Å². The number of benzene rings is 1. The molecule has 0 aliphatic heterocycles. The Hall–Kier alpha value is -0.690. The maximum atomic E-state index is 12.0. The van der Waals surface area contributed by atoms with E-state index in [1.54, 1.807) is 0 Å². The van der Waals surface area contributed by atoms with Gasteiger partial charge in [0.2, 0.25) is 5.91 Å². The highest BCUT2D eigenvalue weighted by atomic mass is 79.9. The van der Waals surface area contributed by atoms with Crippen LogP contribution in [0.1, 0.15) is 0 Å². The van der Waals surface area contributed by atoms with E-state index in [-0.39, 0.29) is 27.9 Å². The second-order valence-corrected chi connectivity index (χ2v) is 4.45. The highest BCUT2D eigenvalue weighted by molar-refractivity contribution is 9.09. The SMILES string of the molecule is O=C(CBr)Nc1ccc(SC(F)(F)F)cc1. The van der Waals surface area contributed by atoms with E-state index in [4.69, 9.17) is 0 Å². The zero-order valence-corrected chi connectivity index (χ0v) is 10.2. The van der Waals surface area contributed by atoms with Crippen LogP contribution in [0.2, 0.25) is 0 Å². The van der Waals surface area contributed by atoms with Crippen molar-refractivity contribution in [1.82, 2.24) is 0 Å². The topological polar surface area (TPSA) is 29.1 Å². The summed E-state index contributed by atoms with van der Waals surface area (Å²) in [5, 5.41) is 2.65. The second kappa shape index (κ2) is 5.58. The van der Waals surface area contributed by atoms with Gasteiger partial charge in [0.1, 0.15) is 0 Å². The quantitative estimate of drug-likeness (QED) is 0.682. The molecule has 0 aromatic heterocycles. The molecule has 88 valence electrons. The van der Waals surface area contributed by atoms with Crippen LogP contribution < -0.4 is 5.32 Å². The number of hydrogen-bond donors (Lipinski definition) is 1. The number of carbonyl (C=O) groups excluding carboxylic acids is 1. The summed E-state index contributed by atoms with van der Waals surface area (Å²) >= 11 is 2.77. The van der Waals surface area contributed by atoms with Gasteiger partial charge in [0, 0.05) is 10.6 Å². The first-order valence-electron chi connectivity index (χ1n) is 4.12. The van der Waals surface area contributed by atoms with E-state index in [2.05, 4.69) is 21.2 Å². The summed E-state index contributed by atoms with van der Waals surface area (Å²) in [7, 11) is 0. The Balaban J connectivity index is 2.64. The van der Waals surface area contributed by atoms with Crippen molar-refractivity contribution in [1.29, 1.82) is 0 Å². The van der Waals surface area contributed by atoms with Crippen molar-refractivity contribution in [2.45, 2.75) is 10.4 Å². The third-order valence-corrected chi connectivity index (χ3v) is 2.74. The van der Waals surface area contributed by atoms with Gasteiger partial charge in [-0.25, -0.2) is 0 Å². The van der Waals surface area contributed by atoms with Crippen LogP contribution in [-0.4, -0.2) is 16.7 Å². The minimum Gasteiger partial charge on any atom is -0.325 e. The average molecular weight is 314 g/mol. The molecule has 7 heteroatoms. The number of carbonyl (C=O) groups is 1. The van der Waals surface area contributed by atoms with Gasteiger partial charge in [0.15, 0.2) is 0 Å². The number of rotatable bonds is 3. The van der Waals surface area contributed by atoms with Gasteiger partial charge in [-0.05, 0) is 36.0 Å². The number of thioether (sulfide) groups is 1. The van der Waals surface area contributed by atoms with E-state index in [1.807, 2.05) is 0 Å². The first-order valence-corrected chi connectivity index (χ1v) is 6.06. The highest BCUT2D eigenvalue weighted by Gasteiger charge is 2.28. The lowest BCUT2D eigenvalue weighted by Gasteiger charge is -2.07. The van der Waals surface area contributed by atoms with Crippen molar-refractivity contribution in [3.05, 3.63) is 24.3 Å². The third kappa shape index (κ3) is 4.89. The number of halogens is 4. The van der Waals surface area contributed by atoms with Crippen molar-refractivity contribution in [3.63, 3.8) is 0 Å². The van der Waals surface area contributed by atoms with E-state index >= 15 is 0 Å². The number of alkyl halides is 4. The van der Waals surface area contributed by atoms with Crippen molar-refractivity contribution in [3.8, 4) is 0 Å². The van der Waals surface area contributed by atoms with Gasteiger partial charge in [-0.2, -0.15) is 13.2 Å². The fourth-order valence-electron chi connectivity index (χ4n) is 0.934. The predicted octanol–water partition coefficient (Wildman–Crippen LogP) is 3.63. The molecule has 0 spiro atoms. The summed E-state index contributed by atoms with van der Waals surface area (Å²) in [5.41, 5.74) is -3.82. The molecular weight excluding hydrogens is 307 g/mol. The molecule has 1 amide bonds. The third-order valence-electron chi connectivity index (χ3n) is 1.49. The fraction of sp³-hybridized carbons (Fsp3) is 0.222. The monoisotopic (exact) mass is 313 g/mol. The van der Waals surface area contributed by atoms with Crippen LogP contribution in [0, 0.1) is 0 Å². The van der Waals surface area contributed by atoms with Crippen molar-refractivity contribution in [2.24, 2.45) is 0 Å². The van der Waals surface area contributed by atoms with Gasteiger partial charge >= 0.3 is 5.51 Å². The van der Waals surface area contributed by atoms with Crippen molar-refractivity contribution >= 4 is 39.3 Å². The largest absolute Gasteiger partial charge is 0.446 e. The molecule has 1 rings (SSSR count). The Bertz CT molecular complexity index is 366. The fourth-order valence-corrected chi connectivity index (χ4v) is 1.61. The molecule has 16 heavy (non-hydrogen) atoms. The lowest BCUT2D eigenvalue weighted by atomic mass is 10.3. The second-order valence-electron chi connectivity index (χ2n) is 2.75. The van der Waals surface area contributed by atoms with E-state index in [0.29, 0.717) is 5.69 Å². The molecule has 0 aliphatic rings. The number of nitrogens with one attached hydrogen (secondary N) is 1. The molecule has 0 aliphatic carbocycles. The minimum atomic E-state index is -4.29. The van der Waals surface area contributed by atoms with Crippen LogP contribution in [0.4, 0.5) is 18.9 Å². The summed E-state index contributed by atoms with van der Waals surface area (Å²) in [6.07, 6.45) is 0.